The third-order valence-electron chi connectivity index (χ3n) is 2.40. The van der Waals surface area contributed by atoms with Crippen LogP contribution in [0, 0.1) is 21.3 Å². The molecule has 0 aliphatic rings. The zero-order valence-electron chi connectivity index (χ0n) is 10.8. The zero-order valence-corrected chi connectivity index (χ0v) is 12.4. The highest BCUT2D eigenvalue weighted by Crippen LogP contribution is 2.41. The molecule has 18 heavy (non-hydrogen) atoms. The molecule has 0 saturated carbocycles. The molecule has 1 rings (SSSR count). The number of ether oxygens (including phenoxy) is 1. The molecule has 3 nitrogen and oxygen atoms in total. The van der Waals surface area contributed by atoms with Crippen LogP contribution in [0.4, 0.5) is 0 Å². The van der Waals surface area contributed by atoms with Crippen LogP contribution >= 0.6 is 23.5 Å². The number of nitrogens with zero attached hydrogens (tertiary/aromatic N) is 2. The van der Waals surface area contributed by atoms with E-state index in [0.717, 1.165) is 38.9 Å². The van der Waals surface area contributed by atoms with Gasteiger partial charge >= 0.3 is 0 Å². The number of rotatable bonds is 3. The molecular weight excluding hydrogens is 264 g/mol. The van der Waals surface area contributed by atoms with Crippen LogP contribution in [0.5, 0.6) is 5.75 Å². The monoisotopic (exact) mass is 278 g/mol. The number of thiocyanates is 2. The predicted octanol–water partition coefficient (Wildman–Crippen LogP) is 4.14. The van der Waals surface area contributed by atoms with E-state index < -0.39 is 0 Å². The molecule has 0 aliphatic heterocycles. The third-order valence-corrected chi connectivity index (χ3v) is 3.63. The fourth-order valence-corrected chi connectivity index (χ4v) is 2.67. The van der Waals surface area contributed by atoms with E-state index in [1.54, 1.807) is 7.11 Å². The van der Waals surface area contributed by atoms with E-state index in [1.807, 2.05) is 12.1 Å². The standard InChI is InChI=1S/C13H14N2OS2/c1-13(2,3)9-5-10(17-7-14)12(16-4)11(6-9)18-8-15/h5-6H,1-4H3. The highest BCUT2D eigenvalue weighted by molar-refractivity contribution is 8.04. The lowest BCUT2D eigenvalue weighted by Gasteiger charge is -2.21. The first-order valence-electron chi connectivity index (χ1n) is 5.28. The van der Waals surface area contributed by atoms with Gasteiger partial charge in [0.05, 0.1) is 16.9 Å². The summed E-state index contributed by atoms with van der Waals surface area (Å²) < 4.78 is 5.31. The molecule has 0 fully saturated rings. The summed E-state index contributed by atoms with van der Waals surface area (Å²) in [5.74, 6) is 0.598. The van der Waals surface area contributed by atoms with E-state index in [-0.39, 0.29) is 5.41 Å². The lowest BCUT2D eigenvalue weighted by atomic mass is 9.87. The predicted molar refractivity (Wildman–Crippen MR) is 74.6 cm³/mol. The first-order valence-corrected chi connectivity index (χ1v) is 6.91. The highest BCUT2D eigenvalue weighted by Gasteiger charge is 2.20. The number of benzene rings is 1. The summed E-state index contributed by atoms with van der Waals surface area (Å²) >= 11 is 2.11. The van der Waals surface area contributed by atoms with Crippen LogP contribution in [0.1, 0.15) is 26.3 Å². The molecule has 0 saturated heterocycles. The Balaban J connectivity index is 3.45. The van der Waals surface area contributed by atoms with Gasteiger partial charge in [0, 0.05) is 0 Å². The average molecular weight is 278 g/mol. The minimum Gasteiger partial charge on any atom is -0.494 e. The number of thioether (sulfide) groups is 2. The molecular formula is C13H14N2OS2. The molecule has 0 heterocycles. The van der Waals surface area contributed by atoms with Crippen LogP contribution in [0.2, 0.25) is 0 Å². The van der Waals surface area contributed by atoms with Gasteiger partial charge in [0.1, 0.15) is 16.6 Å². The molecule has 5 heteroatoms. The Labute approximate surface area is 116 Å². The topological polar surface area (TPSA) is 56.8 Å². The molecule has 0 unspecified atom stereocenters. The Morgan fingerprint density at radius 2 is 1.50 bits per heavy atom. The lowest BCUT2D eigenvalue weighted by molar-refractivity contribution is 0.393. The van der Waals surface area contributed by atoms with Gasteiger partial charge in [-0.3, -0.25) is 0 Å². The van der Waals surface area contributed by atoms with Gasteiger partial charge in [-0.05, 0) is 46.6 Å². The number of hydrogen-bond donors (Lipinski definition) is 0. The van der Waals surface area contributed by atoms with E-state index in [9.17, 15) is 0 Å². The Bertz CT molecular complexity index is 484. The quantitative estimate of drug-likeness (QED) is 0.614. The van der Waals surface area contributed by atoms with Crippen LogP contribution < -0.4 is 4.74 Å². The Hall–Kier alpha value is -1.30. The third kappa shape index (κ3) is 3.35. The molecule has 0 spiro atoms. The molecule has 0 aliphatic carbocycles. The van der Waals surface area contributed by atoms with Gasteiger partial charge < -0.3 is 4.74 Å². The molecule has 0 aromatic heterocycles. The van der Waals surface area contributed by atoms with Crippen molar-refractivity contribution in [1.82, 2.24) is 0 Å². The maximum atomic E-state index is 8.84. The van der Waals surface area contributed by atoms with Gasteiger partial charge in [-0.1, -0.05) is 20.8 Å². The van der Waals surface area contributed by atoms with E-state index >= 15 is 0 Å². The second-order valence-corrected chi connectivity index (χ2v) is 6.30. The normalized spacial score (nSPS) is 10.6. The fourth-order valence-electron chi connectivity index (χ4n) is 1.46. The van der Waals surface area contributed by atoms with Gasteiger partial charge in [0.15, 0.2) is 0 Å². The van der Waals surface area contributed by atoms with E-state index in [4.69, 9.17) is 15.3 Å². The molecule has 1 aromatic rings. The molecule has 1 aromatic carbocycles. The van der Waals surface area contributed by atoms with Crippen LogP contribution in [-0.2, 0) is 5.41 Å². The van der Waals surface area contributed by atoms with Crippen molar-refractivity contribution in [2.75, 3.05) is 7.11 Å². The maximum Gasteiger partial charge on any atom is 0.148 e. The molecule has 0 amide bonds. The molecule has 94 valence electrons. The summed E-state index contributed by atoms with van der Waals surface area (Å²) in [6.07, 6.45) is 0. The van der Waals surface area contributed by atoms with Crippen molar-refractivity contribution in [1.29, 1.82) is 10.5 Å². The summed E-state index contributed by atoms with van der Waals surface area (Å²) in [5.41, 5.74) is 1.04. The molecule has 0 radical (unpaired) electrons. The van der Waals surface area contributed by atoms with Crippen molar-refractivity contribution < 1.29 is 4.74 Å². The Morgan fingerprint density at radius 1 is 1.06 bits per heavy atom. The largest absolute Gasteiger partial charge is 0.494 e. The SMILES string of the molecule is COc1c(SC#N)cc(C(C)(C)C)cc1SC#N. The second-order valence-electron chi connectivity index (χ2n) is 4.64. The molecule has 0 N–H and O–H groups in total. The zero-order chi connectivity index (χ0) is 13.8. The first kappa shape index (κ1) is 14.8. The second kappa shape index (κ2) is 6.04. The van der Waals surface area contributed by atoms with Gasteiger partial charge in [0.25, 0.3) is 0 Å². The van der Waals surface area contributed by atoms with Crippen molar-refractivity contribution in [3.63, 3.8) is 0 Å². The minimum absolute atomic E-state index is 0.0399. The number of hydrogen-bond acceptors (Lipinski definition) is 5. The van der Waals surface area contributed by atoms with Gasteiger partial charge in [-0.25, -0.2) is 0 Å². The van der Waals surface area contributed by atoms with Gasteiger partial charge in [0.2, 0.25) is 0 Å². The van der Waals surface area contributed by atoms with Crippen molar-refractivity contribution in [2.24, 2.45) is 0 Å². The van der Waals surface area contributed by atoms with Gasteiger partial charge in [-0.15, -0.1) is 0 Å². The van der Waals surface area contributed by atoms with Crippen molar-refractivity contribution in [3.8, 4) is 16.6 Å². The van der Waals surface area contributed by atoms with Crippen LogP contribution in [-0.4, -0.2) is 7.11 Å². The fraction of sp³-hybridized carbons (Fsp3) is 0.385. The molecule has 0 bridgehead atoms. The van der Waals surface area contributed by atoms with E-state index in [0.29, 0.717) is 5.75 Å². The first-order chi connectivity index (χ1) is 8.43. The number of methoxy groups -OCH3 is 1. The van der Waals surface area contributed by atoms with Crippen molar-refractivity contribution in [2.45, 2.75) is 36.0 Å². The highest BCUT2D eigenvalue weighted by atomic mass is 32.2. The maximum absolute atomic E-state index is 8.84. The summed E-state index contributed by atoms with van der Waals surface area (Å²) in [6, 6.07) is 3.91. The van der Waals surface area contributed by atoms with Crippen LogP contribution in [0.25, 0.3) is 0 Å². The summed E-state index contributed by atoms with van der Waals surface area (Å²) in [5, 5.41) is 21.8. The summed E-state index contributed by atoms with van der Waals surface area (Å²) in [7, 11) is 1.55. The van der Waals surface area contributed by atoms with Crippen LogP contribution in [0.15, 0.2) is 21.9 Å². The number of nitriles is 2. The Morgan fingerprint density at radius 3 is 1.78 bits per heavy atom. The summed E-state index contributed by atoms with van der Waals surface area (Å²) in [4.78, 5) is 1.51. The minimum atomic E-state index is -0.0399. The smallest absolute Gasteiger partial charge is 0.148 e. The van der Waals surface area contributed by atoms with Crippen molar-refractivity contribution in [3.05, 3.63) is 17.7 Å². The molecule has 0 atom stereocenters. The Kier molecular flexibility index (Phi) is 4.95. The van der Waals surface area contributed by atoms with E-state index in [1.165, 1.54) is 0 Å². The van der Waals surface area contributed by atoms with Gasteiger partial charge in [-0.2, -0.15) is 10.5 Å². The van der Waals surface area contributed by atoms with Crippen molar-refractivity contribution >= 4 is 23.5 Å². The lowest BCUT2D eigenvalue weighted by Crippen LogP contribution is -2.11. The van der Waals surface area contributed by atoms with E-state index in [2.05, 4.69) is 31.6 Å². The average Bonchev–Trinajstić information content (AvgIpc) is 2.28. The van der Waals surface area contributed by atoms with Crippen LogP contribution in [0.3, 0.4) is 0 Å². The summed E-state index contributed by atoms with van der Waals surface area (Å²) in [6.45, 7) is 6.28.